The number of nitrogens with zero attached hydrogens (tertiary/aromatic N) is 3. The van der Waals surface area contributed by atoms with Crippen molar-refractivity contribution in [2.75, 3.05) is 105 Å². The standard InChI is InChI=1S/C27H53N9.BrH/c1-6-26(24-35-20-4-12-30-16-14-28-8-2-10-32-18-22-35)34-27(7-1)25-36-21-5-13-31-17-15-29-9-3-11-33-19-23-36;/h1,6-7,28-33H,2-5,8-25H2;1H. The van der Waals surface area contributed by atoms with Crippen LogP contribution in [0, 0.1) is 0 Å². The highest BCUT2D eigenvalue weighted by Crippen LogP contribution is 2.08. The van der Waals surface area contributed by atoms with Crippen LogP contribution in [0.15, 0.2) is 18.2 Å². The normalized spacial score (nSPS) is 22.3. The van der Waals surface area contributed by atoms with Crippen molar-refractivity contribution in [3.63, 3.8) is 0 Å². The lowest BCUT2D eigenvalue weighted by Crippen LogP contribution is -2.37. The maximum absolute atomic E-state index is 5.10. The average molecular weight is 585 g/mol. The first-order valence-corrected chi connectivity index (χ1v) is 14.5. The van der Waals surface area contributed by atoms with Gasteiger partial charge in [-0.3, -0.25) is 14.8 Å². The van der Waals surface area contributed by atoms with Crippen LogP contribution < -0.4 is 31.9 Å². The van der Waals surface area contributed by atoms with Crippen LogP contribution >= 0.6 is 17.0 Å². The van der Waals surface area contributed by atoms with E-state index in [1.165, 1.54) is 37.1 Å². The minimum Gasteiger partial charge on any atom is -0.315 e. The van der Waals surface area contributed by atoms with Crippen LogP contribution in [0.5, 0.6) is 0 Å². The Labute approximate surface area is 236 Å². The summed E-state index contributed by atoms with van der Waals surface area (Å²) in [6.45, 7) is 19.0. The van der Waals surface area contributed by atoms with E-state index in [2.05, 4.69) is 59.9 Å². The van der Waals surface area contributed by atoms with E-state index in [9.17, 15) is 0 Å². The highest BCUT2D eigenvalue weighted by atomic mass is 79.9. The van der Waals surface area contributed by atoms with Gasteiger partial charge >= 0.3 is 0 Å². The fourth-order valence-electron chi connectivity index (χ4n) is 4.81. The molecule has 0 aromatic carbocycles. The van der Waals surface area contributed by atoms with Crippen LogP contribution in [0.4, 0.5) is 0 Å². The molecule has 214 valence electrons. The zero-order valence-corrected chi connectivity index (χ0v) is 24.8. The SMILES string of the molecule is Br.c1cc(CN2CCCNCCNCCCNCC2)nc(CN2CCCNCCNCCCNCC2)c1. The number of aromatic nitrogens is 1. The van der Waals surface area contributed by atoms with Gasteiger partial charge in [0.15, 0.2) is 0 Å². The number of hydrogen-bond donors (Lipinski definition) is 6. The molecule has 3 rings (SSSR count). The number of pyridine rings is 1. The summed E-state index contributed by atoms with van der Waals surface area (Å²) in [5, 5.41) is 21.4. The van der Waals surface area contributed by atoms with Gasteiger partial charge < -0.3 is 31.9 Å². The van der Waals surface area contributed by atoms with Crippen molar-refractivity contribution in [1.29, 1.82) is 0 Å². The maximum Gasteiger partial charge on any atom is 0.0547 e. The lowest BCUT2D eigenvalue weighted by Gasteiger charge is -2.24. The Kier molecular flexibility index (Phi) is 19.5. The minimum atomic E-state index is 0. The molecule has 0 amide bonds. The fraction of sp³-hybridized carbons (Fsp3) is 0.815. The second-order valence-corrected chi connectivity index (χ2v) is 10.1. The van der Waals surface area contributed by atoms with Gasteiger partial charge in [0.05, 0.1) is 11.4 Å². The summed E-state index contributed by atoms with van der Waals surface area (Å²) in [5.74, 6) is 0. The van der Waals surface area contributed by atoms with E-state index in [0.717, 1.165) is 118 Å². The predicted molar refractivity (Wildman–Crippen MR) is 161 cm³/mol. The number of nitrogens with one attached hydrogen (secondary N) is 6. The molecule has 2 aliphatic heterocycles. The monoisotopic (exact) mass is 583 g/mol. The van der Waals surface area contributed by atoms with Crippen LogP contribution in [0.25, 0.3) is 0 Å². The van der Waals surface area contributed by atoms with E-state index in [-0.39, 0.29) is 17.0 Å². The minimum absolute atomic E-state index is 0. The quantitative estimate of drug-likeness (QED) is 0.301. The van der Waals surface area contributed by atoms with E-state index in [0.29, 0.717) is 0 Å². The van der Waals surface area contributed by atoms with Crippen molar-refractivity contribution in [3.05, 3.63) is 29.6 Å². The van der Waals surface area contributed by atoms with E-state index in [1.54, 1.807) is 0 Å². The summed E-state index contributed by atoms with van der Waals surface area (Å²) < 4.78 is 0. The summed E-state index contributed by atoms with van der Waals surface area (Å²) >= 11 is 0. The molecular weight excluding hydrogens is 530 g/mol. The predicted octanol–water partition coefficient (Wildman–Crippen LogP) is 0.389. The summed E-state index contributed by atoms with van der Waals surface area (Å²) in [6, 6.07) is 6.61. The molecule has 0 radical (unpaired) electrons. The summed E-state index contributed by atoms with van der Waals surface area (Å²) in [4.78, 5) is 10.2. The topological polar surface area (TPSA) is 91.5 Å². The Hall–Kier alpha value is -0.690. The van der Waals surface area contributed by atoms with Gasteiger partial charge in [-0.15, -0.1) is 17.0 Å². The van der Waals surface area contributed by atoms with Crippen LogP contribution in [0.3, 0.4) is 0 Å². The lowest BCUT2D eigenvalue weighted by molar-refractivity contribution is 0.250. The van der Waals surface area contributed by atoms with Gasteiger partial charge in [-0.25, -0.2) is 0 Å². The van der Waals surface area contributed by atoms with E-state index < -0.39 is 0 Å². The number of halogens is 1. The molecule has 1 aromatic rings. The molecule has 37 heavy (non-hydrogen) atoms. The molecule has 9 nitrogen and oxygen atoms in total. The Bertz CT molecular complexity index is 587. The molecule has 2 aliphatic rings. The fourth-order valence-corrected chi connectivity index (χ4v) is 4.81. The molecule has 0 unspecified atom stereocenters. The Balaban J connectivity index is 0.00000481. The Morgan fingerprint density at radius 3 is 1.30 bits per heavy atom. The lowest BCUT2D eigenvalue weighted by atomic mass is 10.2. The third kappa shape index (κ3) is 16.1. The van der Waals surface area contributed by atoms with Crippen LogP contribution in [-0.4, -0.2) is 119 Å². The number of hydrogen-bond acceptors (Lipinski definition) is 9. The van der Waals surface area contributed by atoms with Gasteiger partial charge in [0.2, 0.25) is 0 Å². The highest BCUT2D eigenvalue weighted by molar-refractivity contribution is 8.93. The van der Waals surface area contributed by atoms with Crippen LogP contribution in [0.2, 0.25) is 0 Å². The molecule has 2 fully saturated rings. The van der Waals surface area contributed by atoms with E-state index >= 15 is 0 Å². The third-order valence-electron chi connectivity index (χ3n) is 6.87. The van der Waals surface area contributed by atoms with Crippen molar-refractivity contribution >= 4 is 17.0 Å². The molecule has 0 spiro atoms. The van der Waals surface area contributed by atoms with Crippen molar-refractivity contribution in [1.82, 2.24) is 46.7 Å². The second kappa shape index (κ2) is 22.2. The zero-order chi connectivity index (χ0) is 24.9. The van der Waals surface area contributed by atoms with E-state index in [4.69, 9.17) is 4.98 Å². The summed E-state index contributed by atoms with van der Waals surface area (Å²) in [6.07, 6.45) is 4.71. The first kappa shape index (κ1) is 32.5. The molecule has 0 aliphatic carbocycles. The van der Waals surface area contributed by atoms with Gasteiger partial charge in [-0.05, 0) is 90.2 Å². The van der Waals surface area contributed by atoms with E-state index in [1.807, 2.05) is 0 Å². The maximum atomic E-state index is 5.10. The highest BCUT2D eigenvalue weighted by Gasteiger charge is 2.11. The first-order chi connectivity index (χ1) is 17.9. The molecule has 6 N–H and O–H groups in total. The average Bonchev–Trinajstić information content (AvgIpc) is 2.88. The van der Waals surface area contributed by atoms with Gasteiger partial charge in [-0.2, -0.15) is 0 Å². The first-order valence-electron chi connectivity index (χ1n) is 14.5. The van der Waals surface area contributed by atoms with Gasteiger partial charge in [0.1, 0.15) is 0 Å². The largest absolute Gasteiger partial charge is 0.315 e. The van der Waals surface area contributed by atoms with Crippen LogP contribution in [-0.2, 0) is 13.1 Å². The molecule has 0 atom stereocenters. The molecule has 3 heterocycles. The van der Waals surface area contributed by atoms with Crippen molar-refractivity contribution in [3.8, 4) is 0 Å². The molecule has 0 saturated carbocycles. The van der Waals surface area contributed by atoms with Crippen molar-refractivity contribution < 1.29 is 0 Å². The Morgan fingerprint density at radius 1 is 0.486 bits per heavy atom. The molecule has 10 heteroatoms. The summed E-state index contributed by atoms with van der Waals surface area (Å²) in [5.41, 5.74) is 2.39. The molecule has 1 aromatic heterocycles. The molecule has 0 bridgehead atoms. The smallest absolute Gasteiger partial charge is 0.0547 e. The second-order valence-electron chi connectivity index (χ2n) is 10.1. The summed E-state index contributed by atoms with van der Waals surface area (Å²) in [7, 11) is 0. The molecule has 2 saturated heterocycles. The zero-order valence-electron chi connectivity index (χ0n) is 23.0. The van der Waals surface area contributed by atoms with Crippen molar-refractivity contribution in [2.45, 2.75) is 38.8 Å². The van der Waals surface area contributed by atoms with Gasteiger partial charge in [-0.1, -0.05) is 6.07 Å². The van der Waals surface area contributed by atoms with Gasteiger partial charge in [0, 0.05) is 65.4 Å². The Morgan fingerprint density at radius 2 is 0.865 bits per heavy atom. The number of rotatable bonds is 4. The molecular formula is C27H54BrN9. The third-order valence-corrected chi connectivity index (χ3v) is 6.87. The van der Waals surface area contributed by atoms with Gasteiger partial charge in [0.25, 0.3) is 0 Å². The van der Waals surface area contributed by atoms with Crippen LogP contribution in [0.1, 0.15) is 37.1 Å². The van der Waals surface area contributed by atoms with Crippen molar-refractivity contribution in [2.24, 2.45) is 0 Å².